The van der Waals surface area contributed by atoms with Crippen LogP contribution in [0, 0.1) is 13.8 Å². The van der Waals surface area contributed by atoms with E-state index in [4.69, 9.17) is 4.52 Å². The molecule has 1 atom stereocenters. The molecule has 0 radical (unpaired) electrons. The van der Waals surface area contributed by atoms with Gasteiger partial charge in [0.2, 0.25) is 0 Å². The number of nitrogens with zero attached hydrogens (tertiary/aromatic N) is 5. The second kappa shape index (κ2) is 7.21. The molecule has 1 aliphatic rings. The third-order valence-corrected chi connectivity index (χ3v) is 6.27. The molecule has 0 aromatic carbocycles. The lowest BCUT2D eigenvalue weighted by Crippen LogP contribution is -2.39. The summed E-state index contributed by atoms with van der Waals surface area (Å²) in [5.74, 6) is 0.885. The third kappa shape index (κ3) is 3.32. The number of carbonyl (C=O) groups excluding carboxylic acids is 1. The molecule has 0 saturated carbocycles. The van der Waals surface area contributed by atoms with Crippen molar-refractivity contribution >= 4 is 22.8 Å². The lowest BCUT2D eigenvalue weighted by atomic mass is 9.97. The highest BCUT2D eigenvalue weighted by Crippen LogP contribution is 2.28. The lowest BCUT2D eigenvalue weighted by molar-refractivity contribution is 0.0708. The van der Waals surface area contributed by atoms with Gasteiger partial charge in [-0.25, -0.2) is 4.52 Å². The Hall–Kier alpha value is -3.27. The highest BCUT2D eigenvalue weighted by Gasteiger charge is 2.29. The molecular weight excluding hydrogens is 404 g/mol. The minimum atomic E-state index is -0.223. The van der Waals surface area contributed by atoms with E-state index in [9.17, 15) is 9.59 Å². The maximum absolute atomic E-state index is 12.8. The van der Waals surface area contributed by atoms with Crippen LogP contribution in [-0.2, 0) is 0 Å². The van der Waals surface area contributed by atoms with Gasteiger partial charge in [-0.2, -0.15) is 10.1 Å². The summed E-state index contributed by atoms with van der Waals surface area (Å²) >= 11 is 1.51. The fourth-order valence-corrected chi connectivity index (χ4v) is 4.64. The van der Waals surface area contributed by atoms with E-state index >= 15 is 0 Å². The average Bonchev–Trinajstić information content (AvgIpc) is 3.46. The van der Waals surface area contributed by atoms with Gasteiger partial charge in [0.05, 0.1) is 4.88 Å². The molecule has 5 heterocycles. The van der Waals surface area contributed by atoms with Crippen LogP contribution in [0.5, 0.6) is 0 Å². The fraction of sp³-hybridized carbons (Fsp3) is 0.350. The number of amides is 1. The highest BCUT2D eigenvalue weighted by molar-refractivity contribution is 7.13. The number of carbonyl (C=O) groups is 1. The quantitative estimate of drug-likeness (QED) is 0.542. The zero-order chi connectivity index (χ0) is 20.8. The van der Waals surface area contributed by atoms with E-state index < -0.39 is 0 Å². The van der Waals surface area contributed by atoms with Gasteiger partial charge in [0.25, 0.3) is 17.4 Å². The second-order valence-electron chi connectivity index (χ2n) is 7.58. The Kier molecular flexibility index (Phi) is 4.50. The Morgan fingerprint density at radius 3 is 3.00 bits per heavy atom. The Labute approximate surface area is 175 Å². The summed E-state index contributed by atoms with van der Waals surface area (Å²) in [6, 6.07) is 5.48. The smallest absolute Gasteiger partial charge is 0.278 e. The zero-order valence-corrected chi connectivity index (χ0v) is 17.4. The van der Waals surface area contributed by atoms with Gasteiger partial charge in [0.15, 0.2) is 11.5 Å². The SMILES string of the molecule is Cc1cn2nc(-c3nc([C@@H]4CCCN(C(=O)c5ccc(C)s5)C4)no3)cc2c(=O)[nH]1. The summed E-state index contributed by atoms with van der Waals surface area (Å²) in [5, 5.41) is 8.53. The summed E-state index contributed by atoms with van der Waals surface area (Å²) in [6.45, 7) is 5.07. The molecule has 1 aliphatic heterocycles. The molecule has 1 amide bonds. The van der Waals surface area contributed by atoms with Crippen molar-refractivity contribution in [1.29, 1.82) is 0 Å². The minimum absolute atomic E-state index is 0.00365. The Morgan fingerprint density at radius 2 is 2.20 bits per heavy atom. The van der Waals surface area contributed by atoms with Crippen molar-refractivity contribution in [2.24, 2.45) is 0 Å². The standard InChI is InChI=1S/C20H20N6O3S/c1-11-9-26-15(18(27)21-11)8-14(23-26)19-22-17(24-29-19)13-4-3-7-25(10-13)20(28)16-6-5-12(2)30-16/h5-6,8-9,13H,3-4,7,10H2,1-2H3,(H,21,27)/t13-/m1/s1. The Balaban J connectivity index is 1.38. The van der Waals surface area contributed by atoms with E-state index in [1.165, 1.54) is 15.9 Å². The first-order valence-corrected chi connectivity index (χ1v) is 10.6. The number of H-pyrrole nitrogens is 1. The first kappa shape index (κ1) is 18.7. The van der Waals surface area contributed by atoms with Gasteiger partial charge < -0.3 is 14.4 Å². The van der Waals surface area contributed by atoms with Gasteiger partial charge in [-0.3, -0.25) is 9.59 Å². The van der Waals surface area contributed by atoms with Gasteiger partial charge in [0, 0.05) is 41.8 Å². The number of rotatable bonds is 3. The van der Waals surface area contributed by atoms with Crippen molar-refractivity contribution in [3.63, 3.8) is 0 Å². The van der Waals surface area contributed by atoms with E-state index in [0.29, 0.717) is 29.3 Å². The molecule has 1 fully saturated rings. The monoisotopic (exact) mass is 424 g/mol. The van der Waals surface area contributed by atoms with Gasteiger partial charge in [-0.05, 0) is 38.8 Å². The topological polar surface area (TPSA) is 109 Å². The molecule has 0 bridgehead atoms. The molecule has 30 heavy (non-hydrogen) atoms. The fourth-order valence-electron chi connectivity index (χ4n) is 3.81. The molecule has 1 saturated heterocycles. The van der Waals surface area contributed by atoms with Crippen LogP contribution in [0.1, 0.15) is 44.8 Å². The van der Waals surface area contributed by atoms with Crippen LogP contribution in [0.4, 0.5) is 0 Å². The highest BCUT2D eigenvalue weighted by atomic mass is 32.1. The number of aromatic amines is 1. The number of aryl methyl sites for hydroxylation is 2. The summed E-state index contributed by atoms with van der Waals surface area (Å²) < 4.78 is 6.95. The number of likely N-dealkylation sites (tertiary alicyclic amines) is 1. The van der Waals surface area contributed by atoms with Crippen molar-refractivity contribution in [2.75, 3.05) is 13.1 Å². The number of aromatic nitrogens is 5. The van der Waals surface area contributed by atoms with Crippen molar-refractivity contribution in [1.82, 2.24) is 29.6 Å². The largest absolute Gasteiger partial charge is 0.337 e. The number of hydrogen-bond acceptors (Lipinski definition) is 7. The number of piperidine rings is 1. The van der Waals surface area contributed by atoms with Crippen molar-refractivity contribution in [2.45, 2.75) is 32.6 Å². The number of nitrogens with one attached hydrogen (secondary N) is 1. The minimum Gasteiger partial charge on any atom is -0.337 e. The molecule has 10 heteroatoms. The van der Waals surface area contributed by atoms with E-state index in [2.05, 4.69) is 20.2 Å². The molecule has 9 nitrogen and oxygen atoms in total. The Bertz CT molecular complexity index is 1300. The molecule has 4 aromatic rings. The van der Waals surface area contributed by atoms with Crippen molar-refractivity contribution in [3.05, 3.63) is 56.0 Å². The van der Waals surface area contributed by atoms with E-state index in [0.717, 1.165) is 29.1 Å². The maximum atomic E-state index is 12.8. The first-order chi connectivity index (χ1) is 14.5. The van der Waals surface area contributed by atoms with Crippen LogP contribution < -0.4 is 5.56 Å². The van der Waals surface area contributed by atoms with E-state index in [1.54, 1.807) is 19.2 Å². The summed E-state index contributed by atoms with van der Waals surface area (Å²) in [5.41, 5.74) is 1.35. The van der Waals surface area contributed by atoms with Gasteiger partial charge in [0.1, 0.15) is 5.52 Å². The van der Waals surface area contributed by atoms with Crippen molar-refractivity contribution < 1.29 is 9.32 Å². The molecule has 0 spiro atoms. The molecule has 4 aromatic heterocycles. The van der Waals surface area contributed by atoms with E-state index in [-0.39, 0.29) is 23.3 Å². The molecule has 1 N–H and O–H groups in total. The van der Waals surface area contributed by atoms with Crippen LogP contribution >= 0.6 is 11.3 Å². The maximum Gasteiger partial charge on any atom is 0.278 e. The second-order valence-corrected chi connectivity index (χ2v) is 8.87. The molecule has 0 aliphatic carbocycles. The first-order valence-electron chi connectivity index (χ1n) is 9.77. The van der Waals surface area contributed by atoms with Crippen molar-refractivity contribution in [3.8, 4) is 11.6 Å². The van der Waals surface area contributed by atoms with E-state index in [1.807, 2.05) is 24.0 Å². The average molecular weight is 424 g/mol. The zero-order valence-electron chi connectivity index (χ0n) is 16.6. The van der Waals surface area contributed by atoms with Crippen LogP contribution in [0.3, 0.4) is 0 Å². The van der Waals surface area contributed by atoms with Gasteiger partial charge in [-0.15, -0.1) is 11.3 Å². The van der Waals surface area contributed by atoms with Crippen LogP contribution in [0.15, 0.2) is 33.7 Å². The third-order valence-electron chi connectivity index (χ3n) is 5.28. The van der Waals surface area contributed by atoms with Crippen LogP contribution in [-0.4, -0.2) is 48.6 Å². The number of hydrogen-bond donors (Lipinski definition) is 1. The molecule has 0 unspecified atom stereocenters. The number of fused-ring (bicyclic) bond motifs is 1. The predicted octanol–water partition coefficient (Wildman–Crippen LogP) is 2.77. The normalized spacial score (nSPS) is 17.0. The van der Waals surface area contributed by atoms with Gasteiger partial charge in [-0.1, -0.05) is 5.16 Å². The Morgan fingerprint density at radius 1 is 1.33 bits per heavy atom. The summed E-state index contributed by atoms with van der Waals surface area (Å²) in [6.07, 6.45) is 3.50. The predicted molar refractivity (Wildman–Crippen MR) is 111 cm³/mol. The molecule has 5 rings (SSSR count). The molecular formula is C20H20N6O3S. The van der Waals surface area contributed by atoms with Crippen LogP contribution in [0.25, 0.3) is 17.1 Å². The lowest BCUT2D eigenvalue weighted by Gasteiger charge is -2.30. The summed E-state index contributed by atoms with van der Waals surface area (Å²) in [7, 11) is 0. The number of thiophene rings is 1. The summed E-state index contributed by atoms with van der Waals surface area (Å²) in [4.78, 5) is 35.9. The molecule has 154 valence electrons. The van der Waals surface area contributed by atoms with Gasteiger partial charge >= 0.3 is 0 Å². The van der Waals surface area contributed by atoms with Crippen LogP contribution in [0.2, 0.25) is 0 Å².